The number of benzene rings is 2. The number of morpholine rings is 1. The fourth-order valence-corrected chi connectivity index (χ4v) is 6.33. The highest BCUT2D eigenvalue weighted by Crippen LogP contribution is 2.29. The summed E-state index contributed by atoms with van der Waals surface area (Å²) < 4.78 is 10.8. The highest BCUT2D eigenvalue weighted by Gasteiger charge is 2.50. The number of carbonyl (C=O) groups is 5. The van der Waals surface area contributed by atoms with Crippen LogP contribution >= 0.6 is 0 Å². The van der Waals surface area contributed by atoms with Gasteiger partial charge < -0.3 is 30.7 Å². The predicted molar refractivity (Wildman–Crippen MR) is 198 cm³/mol. The van der Waals surface area contributed by atoms with Crippen molar-refractivity contribution in [1.29, 1.82) is 0 Å². The Labute approximate surface area is 308 Å². The van der Waals surface area contributed by atoms with E-state index in [1.165, 1.54) is 0 Å². The Morgan fingerprint density at radius 3 is 1.77 bits per heavy atom. The summed E-state index contributed by atoms with van der Waals surface area (Å²) in [6.45, 7) is 12.3. The van der Waals surface area contributed by atoms with Gasteiger partial charge in [0.2, 0.25) is 23.6 Å². The summed E-state index contributed by atoms with van der Waals surface area (Å²) in [5, 5.41) is 11.7. The van der Waals surface area contributed by atoms with Gasteiger partial charge in [0.25, 0.3) is 0 Å². The topological polar surface area (TPSA) is 158 Å². The van der Waals surface area contributed by atoms with Crippen LogP contribution in [-0.2, 0) is 46.3 Å². The Bertz CT molecular complexity index is 1480. The first-order valence-corrected chi connectivity index (χ1v) is 18.6. The van der Waals surface area contributed by atoms with E-state index in [0.717, 1.165) is 11.1 Å². The van der Waals surface area contributed by atoms with Gasteiger partial charge in [0.15, 0.2) is 5.78 Å². The van der Waals surface area contributed by atoms with Crippen LogP contribution in [0.3, 0.4) is 0 Å². The maximum absolute atomic E-state index is 14.1. The number of hydrogen-bond donors (Lipinski definition) is 4. The van der Waals surface area contributed by atoms with E-state index in [-0.39, 0.29) is 36.5 Å². The van der Waals surface area contributed by atoms with E-state index in [2.05, 4.69) is 21.3 Å². The maximum Gasteiger partial charge on any atom is 0.243 e. The van der Waals surface area contributed by atoms with Crippen molar-refractivity contribution in [3.63, 3.8) is 0 Å². The van der Waals surface area contributed by atoms with E-state index < -0.39 is 47.5 Å². The second-order valence-electron chi connectivity index (χ2n) is 15.0. The van der Waals surface area contributed by atoms with Gasteiger partial charge in [-0.25, -0.2) is 0 Å². The quantitative estimate of drug-likeness (QED) is 0.152. The minimum atomic E-state index is -1.03. The summed E-state index contributed by atoms with van der Waals surface area (Å²) in [6, 6.07) is 15.3. The molecule has 2 aliphatic heterocycles. The summed E-state index contributed by atoms with van der Waals surface area (Å²) in [6.07, 6.45) is 1.76. The second-order valence-corrected chi connectivity index (χ2v) is 15.0. The van der Waals surface area contributed by atoms with Crippen LogP contribution in [-0.4, -0.2) is 104 Å². The standard InChI is InChI=1S/C40H57N5O7/c1-27(2)22-32(36(47)40(5)26-52-40)42-39(50)34(24-30-14-10-7-11-15-30)44-38(49)33(23-28(3)4)43-37(48)31(17-16-29-12-8-6-9-13-29)41-35(46)25-45-18-20-51-21-19-45/h6-15,27-28,31-34H,16-26H2,1-5H3,(H,41,46)(H,42,50)(H,43,48)(H,44,49)/t31-,32+,33?,34-,40+/m0/s1. The Balaban J connectivity index is 1.51. The zero-order valence-corrected chi connectivity index (χ0v) is 31.3. The number of nitrogens with zero attached hydrogens (tertiary/aromatic N) is 1. The Kier molecular flexibility index (Phi) is 15.3. The van der Waals surface area contributed by atoms with Gasteiger partial charge in [-0.2, -0.15) is 0 Å². The molecule has 0 radical (unpaired) electrons. The van der Waals surface area contributed by atoms with Crippen molar-refractivity contribution in [3.8, 4) is 0 Å². The highest BCUT2D eigenvalue weighted by molar-refractivity contribution is 5.98. The van der Waals surface area contributed by atoms with Crippen LogP contribution in [0.1, 0.15) is 65.0 Å². The van der Waals surface area contributed by atoms with E-state index in [1.807, 2.05) is 93.3 Å². The number of nitrogens with one attached hydrogen (secondary N) is 4. The van der Waals surface area contributed by atoms with Gasteiger partial charge in [0.05, 0.1) is 32.4 Å². The molecule has 2 aliphatic rings. The lowest BCUT2D eigenvalue weighted by Crippen LogP contribution is -2.59. The first-order valence-electron chi connectivity index (χ1n) is 18.6. The lowest BCUT2D eigenvalue weighted by molar-refractivity contribution is -0.135. The van der Waals surface area contributed by atoms with Crippen molar-refractivity contribution in [2.75, 3.05) is 39.5 Å². The lowest BCUT2D eigenvalue weighted by Gasteiger charge is -2.29. The van der Waals surface area contributed by atoms with Gasteiger partial charge in [-0.3, -0.25) is 28.9 Å². The number of Topliss-reactive ketones (excluding diaryl/α,β-unsaturated/α-hetero) is 1. The van der Waals surface area contributed by atoms with Gasteiger partial charge in [-0.1, -0.05) is 88.4 Å². The molecule has 0 saturated carbocycles. The molecule has 2 fully saturated rings. The molecule has 4 amide bonds. The van der Waals surface area contributed by atoms with E-state index in [0.29, 0.717) is 58.6 Å². The van der Waals surface area contributed by atoms with E-state index >= 15 is 0 Å². The number of ether oxygens (including phenoxy) is 2. The Morgan fingerprint density at radius 2 is 1.19 bits per heavy atom. The van der Waals surface area contributed by atoms with Crippen molar-refractivity contribution >= 4 is 29.4 Å². The normalized spacial score (nSPS) is 19.6. The van der Waals surface area contributed by atoms with E-state index in [9.17, 15) is 24.0 Å². The Morgan fingerprint density at radius 1 is 0.692 bits per heavy atom. The van der Waals surface area contributed by atoms with Crippen LogP contribution in [0, 0.1) is 11.8 Å². The van der Waals surface area contributed by atoms with Crippen LogP contribution in [0.4, 0.5) is 0 Å². The van der Waals surface area contributed by atoms with Gasteiger partial charge in [-0.05, 0) is 55.6 Å². The summed E-state index contributed by atoms with van der Waals surface area (Å²) in [7, 11) is 0. The molecule has 0 spiro atoms. The summed E-state index contributed by atoms with van der Waals surface area (Å²) >= 11 is 0. The average molecular weight is 720 g/mol. The summed E-state index contributed by atoms with van der Waals surface area (Å²) in [5.74, 6) is -1.83. The number of hydrogen-bond acceptors (Lipinski definition) is 8. The fraction of sp³-hybridized carbons (Fsp3) is 0.575. The van der Waals surface area contributed by atoms with Gasteiger partial charge in [-0.15, -0.1) is 0 Å². The predicted octanol–water partition coefficient (Wildman–Crippen LogP) is 2.58. The monoisotopic (exact) mass is 719 g/mol. The Hall–Kier alpha value is -4.13. The van der Waals surface area contributed by atoms with Gasteiger partial charge in [0.1, 0.15) is 23.7 Å². The largest absolute Gasteiger partial charge is 0.379 e. The molecular formula is C40H57N5O7. The minimum absolute atomic E-state index is 0.0171. The highest BCUT2D eigenvalue weighted by atomic mass is 16.6. The number of rotatable bonds is 20. The second kappa shape index (κ2) is 19.6. The fourth-order valence-electron chi connectivity index (χ4n) is 6.33. The molecule has 2 aromatic carbocycles. The molecule has 12 nitrogen and oxygen atoms in total. The molecule has 0 bridgehead atoms. The third kappa shape index (κ3) is 13.1. The van der Waals surface area contributed by atoms with Crippen LogP contribution in [0.25, 0.3) is 0 Å². The molecule has 2 saturated heterocycles. The molecule has 4 rings (SSSR count). The van der Waals surface area contributed by atoms with E-state index in [4.69, 9.17) is 9.47 Å². The van der Waals surface area contributed by atoms with Gasteiger partial charge >= 0.3 is 0 Å². The van der Waals surface area contributed by atoms with Gasteiger partial charge in [0, 0.05) is 19.5 Å². The van der Waals surface area contributed by atoms with Crippen molar-refractivity contribution in [1.82, 2.24) is 26.2 Å². The first-order chi connectivity index (χ1) is 24.8. The molecule has 0 aliphatic carbocycles. The van der Waals surface area contributed by atoms with Crippen LogP contribution in [0.2, 0.25) is 0 Å². The third-order valence-corrected chi connectivity index (χ3v) is 9.38. The lowest BCUT2D eigenvalue weighted by atomic mass is 9.93. The molecule has 52 heavy (non-hydrogen) atoms. The van der Waals surface area contributed by atoms with E-state index in [1.54, 1.807) is 6.92 Å². The first kappa shape index (κ1) is 40.6. The molecular weight excluding hydrogens is 662 g/mol. The van der Waals surface area contributed by atoms with Crippen molar-refractivity contribution < 1.29 is 33.4 Å². The minimum Gasteiger partial charge on any atom is -0.379 e. The van der Waals surface area contributed by atoms with Crippen LogP contribution in [0.5, 0.6) is 0 Å². The van der Waals surface area contributed by atoms with Crippen LogP contribution < -0.4 is 21.3 Å². The molecule has 1 unspecified atom stereocenters. The van der Waals surface area contributed by atoms with Crippen molar-refractivity contribution in [3.05, 3.63) is 71.8 Å². The molecule has 284 valence electrons. The number of epoxide rings is 1. The molecule has 5 atom stereocenters. The molecule has 0 aromatic heterocycles. The van der Waals surface area contributed by atoms with Crippen molar-refractivity contribution in [2.24, 2.45) is 11.8 Å². The average Bonchev–Trinajstić information content (AvgIpc) is 3.87. The SMILES string of the molecule is CC(C)CC(NC(=O)[C@H](CCc1ccccc1)NC(=O)CN1CCOCC1)C(=O)N[C@@H](Cc1ccccc1)C(=O)N[C@H](CC(C)C)C(=O)[C@@]1(C)CO1. The van der Waals surface area contributed by atoms with Crippen molar-refractivity contribution in [2.45, 2.75) is 96.5 Å². The molecule has 2 aromatic rings. The third-order valence-electron chi connectivity index (χ3n) is 9.38. The summed E-state index contributed by atoms with van der Waals surface area (Å²) in [5.41, 5.74) is 0.915. The number of amides is 4. The molecule has 4 N–H and O–H groups in total. The number of carbonyl (C=O) groups excluding carboxylic acids is 5. The molecule has 12 heteroatoms. The zero-order chi connectivity index (χ0) is 37.7. The van der Waals surface area contributed by atoms with Crippen LogP contribution in [0.15, 0.2) is 60.7 Å². The number of ketones is 1. The summed E-state index contributed by atoms with van der Waals surface area (Å²) in [4.78, 5) is 70.5. The molecule has 2 heterocycles. The number of aryl methyl sites for hydroxylation is 1. The smallest absolute Gasteiger partial charge is 0.243 e. The zero-order valence-electron chi connectivity index (χ0n) is 31.3. The maximum atomic E-state index is 14.1.